The predicted molar refractivity (Wildman–Crippen MR) is 97.1 cm³/mol. The summed E-state index contributed by atoms with van der Waals surface area (Å²) in [7, 11) is 1.57. The van der Waals surface area contributed by atoms with E-state index in [0.717, 1.165) is 24.8 Å². The second-order valence-corrected chi connectivity index (χ2v) is 6.53. The van der Waals surface area contributed by atoms with E-state index in [9.17, 15) is 9.59 Å². The Morgan fingerprint density at radius 3 is 2.68 bits per heavy atom. The number of nitrogens with one attached hydrogen (secondary N) is 1. The van der Waals surface area contributed by atoms with Gasteiger partial charge in [0, 0.05) is 17.7 Å². The van der Waals surface area contributed by atoms with Crippen LogP contribution in [0.25, 0.3) is 6.08 Å². The van der Waals surface area contributed by atoms with Crippen LogP contribution in [0.15, 0.2) is 30.3 Å². The van der Waals surface area contributed by atoms with Crippen LogP contribution >= 0.6 is 0 Å². The monoisotopic (exact) mass is 345 g/mol. The molecule has 0 aromatic heterocycles. The number of carbonyl (C=O) groups excluding carboxylic acids is 2. The van der Waals surface area contributed by atoms with E-state index in [4.69, 9.17) is 9.47 Å². The van der Waals surface area contributed by atoms with Gasteiger partial charge >= 0.3 is 5.97 Å². The summed E-state index contributed by atoms with van der Waals surface area (Å²) in [4.78, 5) is 24.2. The zero-order valence-corrected chi connectivity index (χ0v) is 15.2. The van der Waals surface area contributed by atoms with Crippen molar-refractivity contribution in [3.63, 3.8) is 0 Å². The molecule has 5 nitrogen and oxygen atoms in total. The first-order valence-electron chi connectivity index (χ1n) is 8.83. The highest BCUT2D eigenvalue weighted by molar-refractivity contribution is 5.90. The zero-order chi connectivity index (χ0) is 18.2. The number of carbonyl (C=O) groups is 2. The SMILES string of the molecule is COc1ccccc1/C=C/C(=O)O[C@H](C)C(=O)N[C@H]1CCCC[C@H]1C. The summed E-state index contributed by atoms with van der Waals surface area (Å²) in [5.74, 6) is 0.345. The summed E-state index contributed by atoms with van der Waals surface area (Å²) in [6.45, 7) is 3.74. The fourth-order valence-electron chi connectivity index (χ4n) is 3.06. The molecule has 0 radical (unpaired) electrons. The lowest BCUT2D eigenvalue weighted by Gasteiger charge is -2.30. The Labute approximate surface area is 149 Å². The smallest absolute Gasteiger partial charge is 0.331 e. The van der Waals surface area contributed by atoms with Gasteiger partial charge in [-0.05, 0) is 37.8 Å². The summed E-state index contributed by atoms with van der Waals surface area (Å²) in [5.41, 5.74) is 0.773. The molecule has 1 aromatic carbocycles. The summed E-state index contributed by atoms with van der Waals surface area (Å²) in [6.07, 6.45) is 6.57. The zero-order valence-electron chi connectivity index (χ0n) is 15.2. The van der Waals surface area contributed by atoms with Crippen molar-refractivity contribution in [2.24, 2.45) is 5.92 Å². The second-order valence-electron chi connectivity index (χ2n) is 6.53. The average Bonchev–Trinajstić information content (AvgIpc) is 2.62. The third-order valence-corrected chi connectivity index (χ3v) is 4.64. The van der Waals surface area contributed by atoms with Gasteiger partial charge in [0.15, 0.2) is 6.10 Å². The van der Waals surface area contributed by atoms with Crippen LogP contribution in [-0.2, 0) is 14.3 Å². The predicted octanol–water partition coefficient (Wildman–Crippen LogP) is 3.34. The van der Waals surface area contributed by atoms with Gasteiger partial charge in [0.05, 0.1) is 7.11 Å². The van der Waals surface area contributed by atoms with Crippen molar-refractivity contribution >= 4 is 18.0 Å². The second kappa shape index (κ2) is 9.25. The van der Waals surface area contributed by atoms with Gasteiger partial charge in [-0.15, -0.1) is 0 Å². The molecule has 0 heterocycles. The molecule has 0 unspecified atom stereocenters. The van der Waals surface area contributed by atoms with Crippen LogP contribution in [0.2, 0.25) is 0 Å². The molecule has 136 valence electrons. The first-order chi connectivity index (χ1) is 12.0. The average molecular weight is 345 g/mol. The van der Waals surface area contributed by atoms with E-state index < -0.39 is 12.1 Å². The molecule has 0 saturated heterocycles. The summed E-state index contributed by atoms with van der Waals surface area (Å²) in [5, 5.41) is 3.01. The van der Waals surface area contributed by atoms with Crippen LogP contribution in [0.3, 0.4) is 0 Å². The van der Waals surface area contributed by atoms with E-state index in [2.05, 4.69) is 12.2 Å². The Balaban J connectivity index is 1.86. The van der Waals surface area contributed by atoms with Crippen molar-refractivity contribution in [3.8, 4) is 5.75 Å². The maximum atomic E-state index is 12.2. The van der Waals surface area contributed by atoms with Gasteiger partial charge in [0.1, 0.15) is 5.75 Å². The van der Waals surface area contributed by atoms with Crippen molar-refractivity contribution in [1.29, 1.82) is 0 Å². The molecule has 1 saturated carbocycles. The fraction of sp³-hybridized carbons (Fsp3) is 0.500. The van der Waals surface area contributed by atoms with Gasteiger partial charge in [-0.25, -0.2) is 4.79 Å². The molecule has 1 fully saturated rings. The fourth-order valence-corrected chi connectivity index (χ4v) is 3.06. The molecule has 0 spiro atoms. The Morgan fingerprint density at radius 2 is 1.96 bits per heavy atom. The molecule has 1 aliphatic carbocycles. The normalized spacial score (nSPS) is 21.6. The molecular weight excluding hydrogens is 318 g/mol. The number of rotatable bonds is 6. The van der Waals surface area contributed by atoms with E-state index in [1.807, 2.05) is 24.3 Å². The lowest BCUT2D eigenvalue weighted by Crippen LogP contribution is -2.45. The summed E-state index contributed by atoms with van der Waals surface area (Å²) in [6, 6.07) is 7.53. The quantitative estimate of drug-likeness (QED) is 0.634. The number of hydrogen-bond donors (Lipinski definition) is 1. The molecule has 2 rings (SSSR count). The number of hydrogen-bond acceptors (Lipinski definition) is 4. The molecule has 0 aliphatic heterocycles. The lowest BCUT2D eigenvalue weighted by atomic mass is 9.86. The van der Waals surface area contributed by atoms with Gasteiger partial charge in [-0.2, -0.15) is 0 Å². The highest BCUT2D eigenvalue weighted by atomic mass is 16.5. The molecule has 0 bridgehead atoms. The number of benzene rings is 1. The standard InChI is InChI=1S/C20H27NO4/c1-14-8-4-6-10-17(14)21-20(23)15(2)25-19(22)13-12-16-9-5-7-11-18(16)24-3/h5,7,9,11-15,17H,4,6,8,10H2,1-3H3,(H,21,23)/b13-12+/t14-,15-,17+/m1/s1. The largest absolute Gasteiger partial charge is 0.496 e. The van der Waals surface area contributed by atoms with Crippen LogP contribution in [0.1, 0.15) is 45.1 Å². The number of amides is 1. The van der Waals surface area contributed by atoms with Crippen LogP contribution in [0.4, 0.5) is 0 Å². The first-order valence-corrected chi connectivity index (χ1v) is 8.83. The molecule has 1 aromatic rings. The Hall–Kier alpha value is -2.30. The number of para-hydroxylation sites is 1. The summed E-state index contributed by atoms with van der Waals surface area (Å²) < 4.78 is 10.4. The Kier molecular flexibility index (Phi) is 7.04. The minimum atomic E-state index is -0.816. The molecule has 3 atom stereocenters. The molecule has 5 heteroatoms. The van der Waals surface area contributed by atoms with Crippen LogP contribution < -0.4 is 10.1 Å². The van der Waals surface area contributed by atoms with Crippen molar-refractivity contribution < 1.29 is 19.1 Å². The van der Waals surface area contributed by atoms with Crippen LogP contribution in [-0.4, -0.2) is 31.1 Å². The van der Waals surface area contributed by atoms with Gasteiger partial charge in [0.25, 0.3) is 5.91 Å². The number of methoxy groups -OCH3 is 1. The van der Waals surface area contributed by atoms with E-state index in [1.54, 1.807) is 20.1 Å². The van der Waals surface area contributed by atoms with Gasteiger partial charge < -0.3 is 14.8 Å². The van der Waals surface area contributed by atoms with E-state index in [1.165, 1.54) is 12.5 Å². The third kappa shape index (κ3) is 5.62. The maximum absolute atomic E-state index is 12.2. The molecule has 1 aliphatic rings. The minimum absolute atomic E-state index is 0.173. The highest BCUT2D eigenvalue weighted by Crippen LogP contribution is 2.24. The van der Waals surface area contributed by atoms with E-state index in [-0.39, 0.29) is 11.9 Å². The van der Waals surface area contributed by atoms with Crippen molar-refractivity contribution in [2.75, 3.05) is 7.11 Å². The Bertz CT molecular complexity index is 626. The Morgan fingerprint density at radius 1 is 1.24 bits per heavy atom. The van der Waals surface area contributed by atoms with E-state index in [0.29, 0.717) is 11.7 Å². The molecule has 1 N–H and O–H groups in total. The molecule has 1 amide bonds. The third-order valence-electron chi connectivity index (χ3n) is 4.64. The first kappa shape index (κ1) is 19.0. The van der Waals surface area contributed by atoms with Crippen molar-refractivity contribution in [3.05, 3.63) is 35.9 Å². The van der Waals surface area contributed by atoms with Crippen LogP contribution in [0.5, 0.6) is 5.75 Å². The number of ether oxygens (including phenoxy) is 2. The van der Waals surface area contributed by atoms with E-state index >= 15 is 0 Å². The highest BCUT2D eigenvalue weighted by Gasteiger charge is 2.25. The van der Waals surface area contributed by atoms with Crippen LogP contribution in [0, 0.1) is 5.92 Å². The minimum Gasteiger partial charge on any atom is -0.496 e. The van der Waals surface area contributed by atoms with Gasteiger partial charge in [0.2, 0.25) is 0 Å². The summed E-state index contributed by atoms with van der Waals surface area (Å²) >= 11 is 0. The molecule has 25 heavy (non-hydrogen) atoms. The lowest BCUT2D eigenvalue weighted by molar-refractivity contribution is -0.150. The topological polar surface area (TPSA) is 64.6 Å². The van der Waals surface area contributed by atoms with Crippen molar-refractivity contribution in [2.45, 2.75) is 51.7 Å². The van der Waals surface area contributed by atoms with Gasteiger partial charge in [-0.3, -0.25) is 4.79 Å². The molecular formula is C20H27NO4. The van der Waals surface area contributed by atoms with Gasteiger partial charge in [-0.1, -0.05) is 38.0 Å². The maximum Gasteiger partial charge on any atom is 0.331 e. The number of esters is 1. The van der Waals surface area contributed by atoms with Crippen molar-refractivity contribution in [1.82, 2.24) is 5.32 Å².